The molecule has 8 heteroatoms. The Hall–Kier alpha value is -0.0900. The van der Waals surface area contributed by atoms with Crippen LogP contribution in [0.1, 0.15) is 51.4 Å². The fraction of sp³-hybridized carbons (Fsp3) is 0.944. The molecule has 2 heterocycles. The van der Waals surface area contributed by atoms with Crippen LogP contribution < -0.4 is 10.6 Å². The Morgan fingerprint density at radius 2 is 1.73 bits per heavy atom. The van der Waals surface area contributed by atoms with Gasteiger partial charge in [0.2, 0.25) is 0 Å². The fourth-order valence-electron chi connectivity index (χ4n) is 4.06. The zero-order valence-electron chi connectivity index (χ0n) is 15.6. The van der Waals surface area contributed by atoms with E-state index in [4.69, 9.17) is 9.73 Å². The van der Waals surface area contributed by atoms with Crippen molar-refractivity contribution >= 4 is 39.8 Å². The molecule has 0 spiro atoms. The van der Waals surface area contributed by atoms with Crippen LogP contribution in [0.3, 0.4) is 0 Å². The first-order valence-corrected chi connectivity index (χ1v) is 11.8. The summed E-state index contributed by atoms with van der Waals surface area (Å²) in [5.41, 5.74) is 0. The lowest BCUT2D eigenvalue weighted by Crippen LogP contribution is -2.47. The molecule has 0 bridgehead atoms. The van der Waals surface area contributed by atoms with Crippen LogP contribution in [0.4, 0.5) is 0 Å². The van der Waals surface area contributed by atoms with Crippen molar-refractivity contribution in [3.05, 3.63) is 0 Å². The minimum absolute atomic E-state index is 0. The Morgan fingerprint density at radius 3 is 2.38 bits per heavy atom. The van der Waals surface area contributed by atoms with Gasteiger partial charge in [-0.2, -0.15) is 0 Å². The van der Waals surface area contributed by atoms with Crippen LogP contribution in [0.2, 0.25) is 0 Å². The molecule has 3 rings (SSSR count). The molecular formula is C18H34IN3O3S. The van der Waals surface area contributed by atoms with Crippen LogP contribution in [-0.4, -0.2) is 58.2 Å². The van der Waals surface area contributed by atoms with Crippen LogP contribution in [0.25, 0.3) is 0 Å². The van der Waals surface area contributed by atoms with Crippen LogP contribution in [0, 0.1) is 11.8 Å². The standard InChI is InChI=1S/C18H33N3O3S.HI/c22-25(23)11-8-16(14-25)13-20-18(21-17-6-9-24-10-7-17)19-12-15-4-2-1-3-5-15;/h15-17H,1-14H2,(H2,19,20,21);1H. The number of halogens is 1. The van der Waals surface area contributed by atoms with Gasteiger partial charge in [0.1, 0.15) is 0 Å². The minimum Gasteiger partial charge on any atom is -0.381 e. The molecule has 3 fully saturated rings. The Kier molecular flexibility index (Phi) is 9.43. The molecule has 1 atom stereocenters. The number of hydrogen-bond donors (Lipinski definition) is 2. The van der Waals surface area contributed by atoms with E-state index in [0.717, 1.165) is 50.9 Å². The second-order valence-electron chi connectivity index (χ2n) is 7.87. The highest BCUT2D eigenvalue weighted by Gasteiger charge is 2.27. The molecule has 2 N–H and O–H groups in total. The number of hydrogen-bond acceptors (Lipinski definition) is 4. The van der Waals surface area contributed by atoms with Crippen molar-refractivity contribution in [1.82, 2.24) is 10.6 Å². The zero-order chi connectivity index (χ0) is 17.5. The van der Waals surface area contributed by atoms with Crippen molar-refractivity contribution in [2.75, 3.05) is 37.8 Å². The molecule has 1 saturated carbocycles. The molecule has 2 aliphatic heterocycles. The normalized spacial score (nSPS) is 27.7. The van der Waals surface area contributed by atoms with Crippen molar-refractivity contribution in [1.29, 1.82) is 0 Å². The van der Waals surface area contributed by atoms with Gasteiger partial charge in [0.25, 0.3) is 0 Å². The highest BCUT2D eigenvalue weighted by molar-refractivity contribution is 14.0. The molecule has 152 valence electrons. The number of ether oxygens (including phenoxy) is 1. The van der Waals surface area contributed by atoms with Crippen LogP contribution in [-0.2, 0) is 14.6 Å². The fourth-order valence-corrected chi connectivity index (χ4v) is 5.91. The Morgan fingerprint density at radius 1 is 1.00 bits per heavy atom. The third-order valence-corrected chi connectivity index (χ3v) is 7.52. The first-order valence-electron chi connectivity index (χ1n) is 9.94. The molecule has 2 saturated heterocycles. The quantitative estimate of drug-likeness (QED) is 0.345. The summed E-state index contributed by atoms with van der Waals surface area (Å²) in [6, 6.07) is 0.402. The maximum absolute atomic E-state index is 11.6. The summed E-state index contributed by atoms with van der Waals surface area (Å²) < 4.78 is 28.7. The van der Waals surface area contributed by atoms with E-state index < -0.39 is 9.84 Å². The van der Waals surface area contributed by atoms with Gasteiger partial charge in [-0.25, -0.2) is 8.42 Å². The molecule has 0 radical (unpaired) electrons. The predicted molar refractivity (Wildman–Crippen MR) is 116 cm³/mol. The molecule has 0 aromatic heterocycles. The predicted octanol–water partition coefficient (Wildman–Crippen LogP) is 2.33. The lowest BCUT2D eigenvalue weighted by molar-refractivity contribution is 0.0822. The van der Waals surface area contributed by atoms with Gasteiger partial charge in [-0.05, 0) is 43.9 Å². The second kappa shape index (κ2) is 11.0. The van der Waals surface area contributed by atoms with Crippen molar-refractivity contribution < 1.29 is 13.2 Å². The van der Waals surface area contributed by atoms with E-state index in [1.165, 1.54) is 32.1 Å². The average Bonchev–Trinajstić information content (AvgIpc) is 2.98. The molecule has 1 unspecified atom stereocenters. The van der Waals surface area contributed by atoms with Gasteiger partial charge in [0, 0.05) is 32.3 Å². The topological polar surface area (TPSA) is 79.8 Å². The van der Waals surface area contributed by atoms with Crippen molar-refractivity contribution in [2.24, 2.45) is 16.8 Å². The number of aliphatic imine (C=N–C) groups is 1. The summed E-state index contributed by atoms with van der Waals surface area (Å²) >= 11 is 0. The van der Waals surface area contributed by atoms with Gasteiger partial charge in [0.15, 0.2) is 15.8 Å². The Bertz CT molecular complexity index is 544. The number of sulfone groups is 1. The van der Waals surface area contributed by atoms with E-state index in [1.807, 2.05) is 0 Å². The third kappa shape index (κ3) is 7.50. The highest BCUT2D eigenvalue weighted by Crippen LogP contribution is 2.23. The monoisotopic (exact) mass is 499 g/mol. The molecular weight excluding hydrogens is 465 g/mol. The highest BCUT2D eigenvalue weighted by atomic mass is 127. The van der Waals surface area contributed by atoms with E-state index in [0.29, 0.717) is 24.1 Å². The summed E-state index contributed by atoms with van der Waals surface area (Å²) in [6.07, 6.45) is 9.41. The summed E-state index contributed by atoms with van der Waals surface area (Å²) in [6.45, 7) is 3.17. The van der Waals surface area contributed by atoms with E-state index in [2.05, 4.69) is 10.6 Å². The van der Waals surface area contributed by atoms with E-state index in [9.17, 15) is 8.42 Å². The molecule has 3 aliphatic rings. The van der Waals surface area contributed by atoms with Crippen LogP contribution >= 0.6 is 24.0 Å². The van der Waals surface area contributed by atoms with E-state index in [1.54, 1.807) is 0 Å². The zero-order valence-corrected chi connectivity index (χ0v) is 18.8. The van der Waals surface area contributed by atoms with Gasteiger partial charge in [-0.3, -0.25) is 4.99 Å². The maximum Gasteiger partial charge on any atom is 0.191 e. The minimum atomic E-state index is -2.83. The molecule has 0 aromatic carbocycles. The van der Waals surface area contributed by atoms with Crippen LogP contribution in [0.15, 0.2) is 4.99 Å². The summed E-state index contributed by atoms with van der Waals surface area (Å²) in [7, 11) is -2.83. The number of nitrogens with zero attached hydrogens (tertiary/aromatic N) is 1. The molecule has 0 aromatic rings. The molecule has 1 aliphatic carbocycles. The van der Waals surface area contributed by atoms with E-state index in [-0.39, 0.29) is 29.9 Å². The van der Waals surface area contributed by atoms with Crippen molar-refractivity contribution in [3.8, 4) is 0 Å². The number of rotatable bonds is 5. The third-order valence-electron chi connectivity index (χ3n) is 5.68. The Balaban J connectivity index is 0.00000243. The average molecular weight is 499 g/mol. The summed E-state index contributed by atoms with van der Waals surface area (Å²) in [4.78, 5) is 4.74. The maximum atomic E-state index is 11.6. The second-order valence-corrected chi connectivity index (χ2v) is 10.1. The summed E-state index contributed by atoms with van der Waals surface area (Å²) in [5, 5.41) is 7.08. The van der Waals surface area contributed by atoms with Crippen LogP contribution in [0.5, 0.6) is 0 Å². The lowest BCUT2D eigenvalue weighted by atomic mass is 9.89. The molecule has 0 amide bonds. The van der Waals surface area contributed by atoms with Crippen molar-refractivity contribution in [3.63, 3.8) is 0 Å². The first-order chi connectivity index (χ1) is 12.1. The largest absolute Gasteiger partial charge is 0.381 e. The van der Waals surface area contributed by atoms with Gasteiger partial charge < -0.3 is 15.4 Å². The van der Waals surface area contributed by atoms with Crippen molar-refractivity contribution in [2.45, 2.75) is 57.4 Å². The SMILES string of the molecule is I.O=S1(=O)CCC(CN=C(NCC2CCCCC2)NC2CCOCC2)C1. The number of guanidine groups is 1. The smallest absolute Gasteiger partial charge is 0.191 e. The van der Waals surface area contributed by atoms with Gasteiger partial charge in [-0.1, -0.05) is 19.3 Å². The number of nitrogens with one attached hydrogen (secondary N) is 2. The summed E-state index contributed by atoms with van der Waals surface area (Å²) in [5.74, 6) is 2.40. The Labute approximate surface area is 175 Å². The molecule has 26 heavy (non-hydrogen) atoms. The molecule has 6 nitrogen and oxygen atoms in total. The van der Waals surface area contributed by atoms with E-state index >= 15 is 0 Å². The van der Waals surface area contributed by atoms with Gasteiger partial charge >= 0.3 is 0 Å². The lowest BCUT2D eigenvalue weighted by Gasteiger charge is -2.27. The van der Waals surface area contributed by atoms with Gasteiger partial charge in [-0.15, -0.1) is 24.0 Å². The first kappa shape index (κ1) is 22.2. The van der Waals surface area contributed by atoms with Gasteiger partial charge in [0.05, 0.1) is 11.5 Å².